The molecule has 0 fully saturated rings. The number of hydrogen-bond acceptors (Lipinski definition) is 2. The van der Waals surface area contributed by atoms with Crippen LogP contribution in [0.4, 0.5) is 0 Å². The van der Waals surface area contributed by atoms with E-state index in [2.05, 4.69) is 27.4 Å². The zero-order chi connectivity index (χ0) is 12.1. The number of aromatic nitrogens is 2. The molecule has 4 heteroatoms. The van der Waals surface area contributed by atoms with Crippen LogP contribution >= 0.6 is 11.6 Å². The molecule has 2 heterocycles. The van der Waals surface area contributed by atoms with Crippen LogP contribution in [0.25, 0.3) is 5.65 Å². The number of hydrogen-bond donors (Lipinski definition) is 0. The molecule has 0 amide bonds. The Balaban J connectivity index is 2.10. The summed E-state index contributed by atoms with van der Waals surface area (Å²) in [5, 5.41) is 0. The third-order valence-corrected chi connectivity index (χ3v) is 2.91. The van der Waals surface area contributed by atoms with Crippen molar-refractivity contribution in [3.05, 3.63) is 36.3 Å². The lowest BCUT2D eigenvalue weighted by atomic mass is 10.3. The average molecular weight is 252 g/mol. The SMILES string of the molecule is CCCN(CCCl)Cc1cn2ccccc2n1. The van der Waals surface area contributed by atoms with E-state index in [1.54, 1.807) is 0 Å². The van der Waals surface area contributed by atoms with Gasteiger partial charge in [-0.15, -0.1) is 11.6 Å². The van der Waals surface area contributed by atoms with Crippen LogP contribution in [-0.4, -0.2) is 33.3 Å². The second kappa shape index (κ2) is 6.03. The summed E-state index contributed by atoms with van der Waals surface area (Å²) in [7, 11) is 0. The number of halogens is 1. The van der Waals surface area contributed by atoms with E-state index in [0.29, 0.717) is 5.88 Å². The minimum absolute atomic E-state index is 0.674. The Kier molecular flexibility index (Phi) is 4.40. The average Bonchev–Trinajstić information content (AvgIpc) is 2.71. The van der Waals surface area contributed by atoms with Crippen molar-refractivity contribution in [2.24, 2.45) is 0 Å². The number of alkyl halides is 1. The molecule has 0 aromatic carbocycles. The molecule has 0 bridgehead atoms. The maximum Gasteiger partial charge on any atom is 0.137 e. The van der Waals surface area contributed by atoms with Crippen LogP contribution in [-0.2, 0) is 6.54 Å². The summed E-state index contributed by atoms with van der Waals surface area (Å²) in [4.78, 5) is 6.94. The van der Waals surface area contributed by atoms with Gasteiger partial charge in [0.25, 0.3) is 0 Å². The van der Waals surface area contributed by atoms with Gasteiger partial charge in [-0.25, -0.2) is 4.98 Å². The highest BCUT2D eigenvalue weighted by Crippen LogP contribution is 2.08. The first-order valence-corrected chi connectivity index (χ1v) is 6.58. The van der Waals surface area contributed by atoms with E-state index in [1.165, 1.54) is 0 Å². The number of fused-ring (bicyclic) bond motifs is 1. The van der Waals surface area contributed by atoms with Gasteiger partial charge in [-0.05, 0) is 25.1 Å². The Labute approximate surface area is 107 Å². The minimum Gasteiger partial charge on any atom is -0.307 e. The van der Waals surface area contributed by atoms with Gasteiger partial charge in [-0.1, -0.05) is 13.0 Å². The fraction of sp³-hybridized carbons (Fsp3) is 0.462. The van der Waals surface area contributed by atoms with E-state index in [1.807, 2.05) is 24.4 Å². The molecule has 0 spiro atoms. The zero-order valence-electron chi connectivity index (χ0n) is 10.1. The molecular formula is C13H18ClN3. The molecule has 0 saturated heterocycles. The standard InChI is InChI=1S/C13H18ClN3/c1-2-7-16(9-6-14)10-12-11-17-8-4-3-5-13(17)15-12/h3-5,8,11H,2,6-7,9-10H2,1H3. The van der Waals surface area contributed by atoms with E-state index < -0.39 is 0 Å². The van der Waals surface area contributed by atoms with Gasteiger partial charge in [-0.2, -0.15) is 0 Å². The van der Waals surface area contributed by atoms with Crippen molar-refractivity contribution in [3.63, 3.8) is 0 Å². The first-order valence-electron chi connectivity index (χ1n) is 6.04. The Morgan fingerprint density at radius 2 is 2.24 bits per heavy atom. The van der Waals surface area contributed by atoms with Crippen molar-refractivity contribution in [1.82, 2.24) is 14.3 Å². The Bertz CT molecular complexity index is 427. The van der Waals surface area contributed by atoms with Gasteiger partial charge in [0.1, 0.15) is 5.65 Å². The van der Waals surface area contributed by atoms with Crippen molar-refractivity contribution in [2.45, 2.75) is 19.9 Å². The molecule has 17 heavy (non-hydrogen) atoms. The van der Waals surface area contributed by atoms with Gasteiger partial charge in [0.05, 0.1) is 5.69 Å². The molecule has 2 aromatic rings. The smallest absolute Gasteiger partial charge is 0.137 e. The quantitative estimate of drug-likeness (QED) is 0.736. The second-order valence-electron chi connectivity index (χ2n) is 4.16. The molecule has 2 aromatic heterocycles. The largest absolute Gasteiger partial charge is 0.307 e. The molecule has 0 aliphatic rings. The first kappa shape index (κ1) is 12.4. The number of nitrogens with zero attached hydrogens (tertiary/aromatic N) is 3. The van der Waals surface area contributed by atoms with Gasteiger partial charge in [0, 0.05) is 31.4 Å². The highest BCUT2D eigenvalue weighted by molar-refractivity contribution is 6.18. The Hall–Kier alpha value is -1.06. The lowest BCUT2D eigenvalue weighted by Gasteiger charge is -2.18. The fourth-order valence-electron chi connectivity index (χ4n) is 2.00. The van der Waals surface area contributed by atoms with Crippen molar-refractivity contribution in [3.8, 4) is 0 Å². The second-order valence-corrected chi connectivity index (χ2v) is 4.54. The van der Waals surface area contributed by atoms with E-state index in [0.717, 1.165) is 37.4 Å². The van der Waals surface area contributed by atoms with Gasteiger partial charge in [0.15, 0.2) is 0 Å². The molecule has 92 valence electrons. The van der Waals surface area contributed by atoms with Crippen molar-refractivity contribution < 1.29 is 0 Å². The summed E-state index contributed by atoms with van der Waals surface area (Å²) in [5.74, 6) is 0.674. The molecule has 2 rings (SSSR count). The Morgan fingerprint density at radius 1 is 1.35 bits per heavy atom. The van der Waals surface area contributed by atoms with Gasteiger partial charge in [-0.3, -0.25) is 4.90 Å². The predicted octanol–water partition coefficient (Wildman–Crippen LogP) is 2.79. The molecule has 3 nitrogen and oxygen atoms in total. The monoisotopic (exact) mass is 251 g/mol. The molecule has 0 saturated carbocycles. The van der Waals surface area contributed by atoms with Crippen LogP contribution in [0.5, 0.6) is 0 Å². The number of rotatable bonds is 6. The highest BCUT2D eigenvalue weighted by atomic mass is 35.5. The van der Waals surface area contributed by atoms with Crippen LogP contribution in [0.3, 0.4) is 0 Å². The summed E-state index contributed by atoms with van der Waals surface area (Å²) in [6, 6.07) is 6.05. The maximum absolute atomic E-state index is 5.81. The van der Waals surface area contributed by atoms with Crippen molar-refractivity contribution in [1.29, 1.82) is 0 Å². The van der Waals surface area contributed by atoms with Gasteiger partial charge >= 0.3 is 0 Å². The third-order valence-electron chi connectivity index (χ3n) is 2.74. The summed E-state index contributed by atoms with van der Waals surface area (Å²) < 4.78 is 2.06. The maximum atomic E-state index is 5.81. The van der Waals surface area contributed by atoms with E-state index in [4.69, 9.17) is 11.6 Å². The lowest BCUT2D eigenvalue weighted by Crippen LogP contribution is -2.26. The lowest BCUT2D eigenvalue weighted by molar-refractivity contribution is 0.279. The van der Waals surface area contributed by atoms with E-state index >= 15 is 0 Å². The molecule has 0 unspecified atom stereocenters. The molecule has 0 radical (unpaired) electrons. The number of pyridine rings is 1. The molecular weight excluding hydrogens is 234 g/mol. The Morgan fingerprint density at radius 3 is 2.94 bits per heavy atom. The minimum atomic E-state index is 0.674. The van der Waals surface area contributed by atoms with Gasteiger partial charge in [0.2, 0.25) is 0 Å². The van der Waals surface area contributed by atoms with Crippen LogP contribution < -0.4 is 0 Å². The third kappa shape index (κ3) is 3.20. The summed E-state index contributed by atoms with van der Waals surface area (Å²) in [6.45, 7) is 5.05. The van der Waals surface area contributed by atoms with E-state index in [9.17, 15) is 0 Å². The van der Waals surface area contributed by atoms with Crippen LogP contribution in [0.15, 0.2) is 30.6 Å². The molecule has 0 aliphatic heterocycles. The van der Waals surface area contributed by atoms with Crippen molar-refractivity contribution >= 4 is 17.2 Å². The molecule has 0 N–H and O–H groups in total. The molecule has 0 atom stereocenters. The van der Waals surface area contributed by atoms with Crippen LogP contribution in [0.2, 0.25) is 0 Å². The normalized spacial score (nSPS) is 11.5. The zero-order valence-corrected chi connectivity index (χ0v) is 10.9. The van der Waals surface area contributed by atoms with Crippen LogP contribution in [0, 0.1) is 0 Å². The van der Waals surface area contributed by atoms with Crippen LogP contribution in [0.1, 0.15) is 19.0 Å². The summed E-state index contributed by atoms with van der Waals surface area (Å²) in [5.41, 5.74) is 2.11. The number of imidazole rings is 1. The predicted molar refractivity (Wildman–Crippen MR) is 71.5 cm³/mol. The molecule has 0 aliphatic carbocycles. The van der Waals surface area contributed by atoms with Gasteiger partial charge < -0.3 is 4.40 Å². The summed E-state index contributed by atoms with van der Waals surface area (Å²) in [6.07, 6.45) is 5.26. The topological polar surface area (TPSA) is 20.5 Å². The highest BCUT2D eigenvalue weighted by Gasteiger charge is 2.07. The van der Waals surface area contributed by atoms with E-state index in [-0.39, 0.29) is 0 Å². The van der Waals surface area contributed by atoms with Crippen molar-refractivity contribution in [2.75, 3.05) is 19.0 Å². The first-order chi connectivity index (χ1) is 8.33. The summed E-state index contributed by atoms with van der Waals surface area (Å²) >= 11 is 5.81. The fourth-order valence-corrected chi connectivity index (χ4v) is 2.24.